The summed E-state index contributed by atoms with van der Waals surface area (Å²) in [7, 11) is 0. The molecular weight excluding hydrogens is 268 g/mol. The van der Waals surface area contributed by atoms with Crippen molar-refractivity contribution in [1.29, 1.82) is 0 Å². The van der Waals surface area contributed by atoms with Crippen LogP contribution in [-0.2, 0) is 4.79 Å². The molecule has 0 aliphatic heterocycles. The van der Waals surface area contributed by atoms with Gasteiger partial charge >= 0.3 is 0 Å². The number of amides is 2. The molecular formula is C16H20N2O3. The minimum Gasteiger partial charge on any atom is -0.395 e. The lowest BCUT2D eigenvalue weighted by atomic mass is 10.1. The molecule has 0 saturated heterocycles. The molecule has 0 heterocycles. The van der Waals surface area contributed by atoms with E-state index >= 15 is 0 Å². The molecule has 5 heteroatoms. The van der Waals surface area contributed by atoms with Crippen molar-refractivity contribution in [1.82, 2.24) is 10.6 Å². The SMILES string of the molecule is CC(C)NC(=O)CNC(=O)c1ccc(C#CCCO)cc1. The van der Waals surface area contributed by atoms with E-state index < -0.39 is 0 Å². The fourth-order valence-electron chi connectivity index (χ4n) is 1.56. The van der Waals surface area contributed by atoms with Crippen molar-refractivity contribution in [2.75, 3.05) is 13.2 Å². The highest BCUT2D eigenvalue weighted by Crippen LogP contribution is 2.03. The van der Waals surface area contributed by atoms with Crippen LogP contribution in [0, 0.1) is 11.8 Å². The Hall–Kier alpha value is -2.32. The molecule has 0 bridgehead atoms. The van der Waals surface area contributed by atoms with Crippen molar-refractivity contribution >= 4 is 11.8 Å². The van der Waals surface area contributed by atoms with E-state index in [0.717, 1.165) is 5.56 Å². The molecule has 1 aromatic carbocycles. The maximum absolute atomic E-state index is 11.8. The van der Waals surface area contributed by atoms with Crippen LogP contribution in [0.25, 0.3) is 0 Å². The summed E-state index contributed by atoms with van der Waals surface area (Å²) < 4.78 is 0. The number of aliphatic hydroxyl groups is 1. The largest absolute Gasteiger partial charge is 0.395 e. The van der Waals surface area contributed by atoms with Crippen molar-refractivity contribution in [3.8, 4) is 11.8 Å². The highest BCUT2D eigenvalue weighted by Gasteiger charge is 2.08. The first kappa shape index (κ1) is 16.7. The van der Waals surface area contributed by atoms with Crippen molar-refractivity contribution in [2.45, 2.75) is 26.3 Å². The van der Waals surface area contributed by atoms with Crippen molar-refractivity contribution in [3.05, 3.63) is 35.4 Å². The normalized spacial score (nSPS) is 9.71. The Labute approximate surface area is 124 Å². The van der Waals surface area contributed by atoms with Gasteiger partial charge in [-0.1, -0.05) is 11.8 Å². The van der Waals surface area contributed by atoms with Gasteiger partial charge in [0.05, 0.1) is 13.2 Å². The lowest BCUT2D eigenvalue weighted by molar-refractivity contribution is -0.120. The molecule has 0 fully saturated rings. The smallest absolute Gasteiger partial charge is 0.251 e. The first-order valence-corrected chi connectivity index (χ1v) is 6.80. The lowest BCUT2D eigenvalue weighted by Gasteiger charge is -2.09. The van der Waals surface area contributed by atoms with Gasteiger partial charge in [-0.05, 0) is 38.1 Å². The zero-order valence-electron chi connectivity index (χ0n) is 12.3. The maximum Gasteiger partial charge on any atom is 0.251 e. The summed E-state index contributed by atoms with van der Waals surface area (Å²) in [5, 5.41) is 13.9. The predicted octanol–water partition coefficient (Wildman–Crippen LogP) is 0.675. The van der Waals surface area contributed by atoms with Crippen LogP contribution in [0.3, 0.4) is 0 Å². The number of hydrogen-bond donors (Lipinski definition) is 3. The summed E-state index contributed by atoms with van der Waals surface area (Å²) in [4.78, 5) is 23.3. The van der Waals surface area contributed by atoms with Gasteiger partial charge in [0.2, 0.25) is 5.91 Å². The molecule has 1 rings (SSSR count). The predicted molar refractivity (Wildman–Crippen MR) is 80.6 cm³/mol. The van der Waals surface area contributed by atoms with Gasteiger partial charge < -0.3 is 15.7 Å². The van der Waals surface area contributed by atoms with E-state index in [1.165, 1.54) is 0 Å². The van der Waals surface area contributed by atoms with Gasteiger partial charge in [-0.3, -0.25) is 9.59 Å². The molecule has 0 aromatic heterocycles. The van der Waals surface area contributed by atoms with Crippen LogP contribution in [0.2, 0.25) is 0 Å². The third-order valence-corrected chi connectivity index (χ3v) is 2.48. The van der Waals surface area contributed by atoms with Gasteiger partial charge in [0.1, 0.15) is 0 Å². The average molecular weight is 288 g/mol. The number of carbonyl (C=O) groups is 2. The zero-order chi connectivity index (χ0) is 15.7. The summed E-state index contributed by atoms with van der Waals surface area (Å²) in [6, 6.07) is 6.81. The van der Waals surface area contributed by atoms with Crippen LogP contribution in [0.15, 0.2) is 24.3 Å². The molecule has 1 aromatic rings. The number of aliphatic hydroxyl groups excluding tert-OH is 1. The highest BCUT2D eigenvalue weighted by atomic mass is 16.2. The van der Waals surface area contributed by atoms with E-state index in [1.807, 2.05) is 13.8 Å². The second-order valence-electron chi connectivity index (χ2n) is 4.76. The number of hydrogen-bond acceptors (Lipinski definition) is 3. The Kier molecular flexibility index (Phi) is 6.99. The Morgan fingerprint density at radius 3 is 2.48 bits per heavy atom. The molecule has 112 valence electrons. The molecule has 2 amide bonds. The number of rotatable bonds is 5. The minimum absolute atomic E-state index is 0.0337. The topological polar surface area (TPSA) is 78.4 Å². The zero-order valence-corrected chi connectivity index (χ0v) is 12.3. The summed E-state index contributed by atoms with van der Waals surface area (Å²) in [6.45, 7) is 3.70. The Balaban J connectivity index is 2.52. The molecule has 0 saturated carbocycles. The van der Waals surface area contributed by atoms with E-state index in [9.17, 15) is 9.59 Å². The van der Waals surface area contributed by atoms with Crippen LogP contribution in [-0.4, -0.2) is 36.1 Å². The van der Waals surface area contributed by atoms with E-state index in [4.69, 9.17) is 5.11 Å². The molecule has 0 radical (unpaired) electrons. The molecule has 0 spiro atoms. The highest BCUT2D eigenvalue weighted by molar-refractivity contribution is 5.96. The molecule has 21 heavy (non-hydrogen) atoms. The van der Waals surface area contributed by atoms with Gasteiger partial charge in [-0.15, -0.1) is 0 Å². The van der Waals surface area contributed by atoms with E-state index in [1.54, 1.807) is 24.3 Å². The van der Waals surface area contributed by atoms with Crippen LogP contribution in [0.1, 0.15) is 36.2 Å². The lowest BCUT2D eigenvalue weighted by Crippen LogP contribution is -2.39. The van der Waals surface area contributed by atoms with Gasteiger partial charge in [0, 0.05) is 23.6 Å². The van der Waals surface area contributed by atoms with Crippen LogP contribution < -0.4 is 10.6 Å². The maximum atomic E-state index is 11.8. The van der Waals surface area contributed by atoms with Crippen LogP contribution >= 0.6 is 0 Å². The second kappa shape index (κ2) is 8.77. The molecule has 0 atom stereocenters. The molecule has 5 nitrogen and oxygen atoms in total. The fraction of sp³-hybridized carbons (Fsp3) is 0.375. The number of nitrogens with one attached hydrogen (secondary N) is 2. The number of benzene rings is 1. The molecule has 0 aliphatic carbocycles. The van der Waals surface area contributed by atoms with E-state index in [0.29, 0.717) is 12.0 Å². The van der Waals surface area contributed by atoms with Crippen molar-refractivity contribution < 1.29 is 14.7 Å². The van der Waals surface area contributed by atoms with Crippen molar-refractivity contribution in [3.63, 3.8) is 0 Å². The monoisotopic (exact) mass is 288 g/mol. The molecule has 0 unspecified atom stereocenters. The average Bonchev–Trinajstić information content (AvgIpc) is 2.45. The van der Waals surface area contributed by atoms with Gasteiger partial charge in [-0.2, -0.15) is 0 Å². The third-order valence-electron chi connectivity index (χ3n) is 2.48. The number of carbonyl (C=O) groups excluding carboxylic acids is 2. The Bertz CT molecular complexity index is 539. The second-order valence-corrected chi connectivity index (χ2v) is 4.76. The fourth-order valence-corrected chi connectivity index (χ4v) is 1.56. The van der Waals surface area contributed by atoms with E-state index in [2.05, 4.69) is 22.5 Å². The minimum atomic E-state index is -0.302. The van der Waals surface area contributed by atoms with Gasteiger partial charge in [0.15, 0.2) is 0 Å². The van der Waals surface area contributed by atoms with E-state index in [-0.39, 0.29) is 31.0 Å². The standard InChI is InChI=1S/C16H20N2O3/c1-12(2)18-15(20)11-17-16(21)14-8-6-13(7-9-14)5-3-4-10-19/h6-9,12,19H,4,10-11H2,1-2H3,(H,17,21)(H,18,20). The third kappa shape index (κ3) is 6.59. The Morgan fingerprint density at radius 2 is 1.90 bits per heavy atom. The summed E-state index contributed by atoms with van der Waals surface area (Å²) in [5.41, 5.74) is 1.25. The summed E-state index contributed by atoms with van der Waals surface area (Å²) in [6.07, 6.45) is 0.424. The first-order valence-electron chi connectivity index (χ1n) is 6.80. The Morgan fingerprint density at radius 1 is 1.24 bits per heavy atom. The summed E-state index contributed by atoms with van der Waals surface area (Å²) >= 11 is 0. The van der Waals surface area contributed by atoms with Crippen LogP contribution in [0.4, 0.5) is 0 Å². The first-order chi connectivity index (χ1) is 10.0. The quantitative estimate of drug-likeness (QED) is 0.697. The molecule has 0 aliphatic rings. The van der Waals surface area contributed by atoms with Gasteiger partial charge in [0.25, 0.3) is 5.91 Å². The van der Waals surface area contributed by atoms with Gasteiger partial charge in [-0.25, -0.2) is 0 Å². The van der Waals surface area contributed by atoms with Crippen LogP contribution in [0.5, 0.6) is 0 Å². The molecule has 3 N–H and O–H groups in total. The summed E-state index contributed by atoms with van der Waals surface area (Å²) in [5.74, 6) is 5.16. The van der Waals surface area contributed by atoms with Crippen molar-refractivity contribution in [2.24, 2.45) is 0 Å².